The molecule has 1 heterocycles. The van der Waals surface area contributed by atoms with Gasteiger partial charge in [0, 0.05) is 26.3 Å². The van der Waals surface area contributed by atoms with Crippen LogP contribution < -0.4 is 5.32 Å². The van der Waals surface area contributed by atoms with E-state index in [-0.39, 0.29) is 5.97 Å². The van der Waals surface area contributed by atoms with E-state index in [4.69, 9.17) is 9.47 Å². The summed E-state index contributed by atoms with van der Waals surface area (Å²) in [5.74, 6) is 0.450. The second-order valence-corrected chi connectivity index (χ2v) is 5.33. The molecule has 0 spiro atoms. The van der Waals surface area contributed by atoms with E-state index in [1.165, 1.54) is 7.11 Å². The van der Waals surface area contributed by atoms with Gasteiger partial charge in [-0.25, -0.2) is 0 Å². The summed E-state index contributed by atoms with van der Waals surface area (Å²) in [6.07, 6.45) is 2.22. The molecule has 18 heavy (non-hydrogen) atoms. The van der Waals surface area contributed by atoms with E-state index in [0.717, 1.165) is 32.6 Å². The summed E-state index contributed by atoms with van der Waals surface area (Å²) < 4.78 is 10.2. The van der Waals surface area contributed by atoms with Crippen molar-refractivity contribution < 1.29 is 14.3 Å². The maximum atomic E-state index is 11.8. The smallest absolute Gasteiger partial charge is 0.327 e. The Hall–Kier alpha value is -0.650. The monoisotopic (exact) mass is 258 g/mol. The van der Waals surface area contributed by atoms with Gasteiger partial charge in [0.15, 0.2) is 0 Å². The van der Waals surface area contributed by atoms with Gasteiger partial charge in [0.05, 0.1) is 7.11 Å². The van der Waals surface area contributed by atoms with Crippen LogP contribution in [0.2, 0.25) is 0 Å². The highest BCUT2D eigenvalue weighted by molar-refractivity contribution is 5.80. The first-order valence-corrected chi connectivity index (χ1v) is 6.55. The van der Waals surface area contributed by atoms with E-state index in [2.05, 4.69) is 10.2 Å². The molecule has 1 N–H and O–H groups in total. The third kappa shape index (κ3) is 4.23. The third-order valence-electron chi connectivity index (χ3n) is 3.68. The molecule has 1 saturated heterocycles. The highest BCUT2D eigenvalue weighted by atomic mass is 16.5. The number of methoxy groups -OCH3 is 1. The molecule has 1 atom stereocenters. The molecule has 0 bridgehead atoms. The summed E-state index contributed by atoms with van der Waals surface area (Å²) in [5.41, 5.74) is -0.644. The Morgan fingerprint density at radius 3 is 2.61 bits per heavy atom. The van der Waals surface area contributed by atoms with Crippen LogP contribution in [0.5, 0.6) is 0 Å². The standard InChI is InChI=1S/C13H26N2O3/c1-13(14-2,12(16)17-4)10-15(3)9-11-5-7-18-8-6-11/h11,14H,5-10H2,1-4H3. The average Bonchev–Trinajstić information content (AvgIpc) is 2.38. The van der Waals surface area contributed by atoms with Gasteiger partial charge in [0.25, 0.3) is 0 Å². The minimum absolute atomic E-state index is 0.219. The first kappa shape index (κ1) is 15.4. The Morgan fingerprint density at radius 1 is 1.50 bits per heavy atom. The Balaban J connectivity index is 2.45. The van der Waals surface area contributed by atoms with Crippen molar-refractivity contribution in [1.29, 1.82) is 0 Å². The van der Waals surface area contributed by atoms with E-state index in [1.807, 2.05) is 14.0 Å². The molecule has 0 radical (unpaired) electrons. The maximum absolute atomic E-state index is 11.8. The number of nitrogens with zero attached hydrogens (tertiary/aromatic N) is 1. The summed E-state index contributed by atoms with van der Waals surface area (Å²) in [6, 6.07) is 0. The molecule has 1 aliphatic rings. The Kier molecular flexibility index (Phi) is 6.05. The molecule has 1 fully saturated rings. The number of rotatable bonds is 6. The van der Waals surface area contributed by atoms with E-state index < -0.39 is 5.54 Å². The summed E-state index contributed by atoms with van der Waals surface area (Å²) in [4.78, 5) is 14.0. The van der Waals surface area contributed by atoms with Gasteiger partial charge in [-0.05, 0) is 39.8 Å². The van der Waals surface area contributed by atoms with Gasteiger partial charge < -0.3 is 19.7 Å². The molecule has 0 aliphatic carbocycles. The second-order valence-electron chi connectivity index (χ2n) is 5.33. The first-order valence-electron chi connectivity index (χ1n) is 6.55. The van der Waals surface area contributed by atoms with Gasteiger partial charge in [-0.2, -0.15) is 0 Å². The van der Waals surface area contributed by atoms with Crippen molar-refractivity contribution in [3.05, 3.63) is 0 Å². The number of carbonyl (C=O) groups excluding carboxylic acids is 1. The minimum Gasteiger partial charge on any atom is -0.468 e. The van der Waals surface area contributed by atoms with E-state index in [0.29, 0.717) is 12.5 Å². The number of hydrogen-bond donors (Lipinski definition) is 1. The van der Waals surface area contributed by atoms with Crippen LogP contribution in [-0.4, -0.2) is 63.9 Å². The zero-order valence-electron chi connectivity index (χ0n) is 12.0. The summed E-state index contributed by atoms with van der Waals surface area (Å²) >= 11 is 0. The van der Waals surface area contributed by atoms with Crippen molar-refractivity contribution in [1.82, 2.24) is 10.2 Å². The number of hydrogen-bond acceptors (Lipinski definition) is 5. The van der Waals surface area contributed by atoms with E-state index >= 15 is 0 Å². The lowest BCUT2D eigenvalue weighted by Gasteiger charge is -2.33. The highest BCUT2D eigenvalue weighted by Gasteiger charge is 2.34. The molecule has 5 nitrogen and oxygen atoms in total. The summed E-state index contributed by atoms with van der Waals surface area (Å²) in [6.45, 7) is 5.24. The molecule has 1 rings (SSSR count). The van der Waals surface area contributed by atoms with Gasteiger partial charge in [-0.1, -0.05) is 0 Å². The molecule has 106 valence electrons. The topological polar surface area (TPSA) is 50.8 Å². The summed E-state index contributed by atoms with van der Waals surface area (Å²) in [5, 5.41) is 3.06. The molecule has 5 heteroatoms. The lowest BCUT2D eigenvalue weighted by Crippen LogP contribution is -2.56. The minimum atomic E-state index is -0.644. The van der Waals surface area contributed by atoms with Crippen LogP contribution in [0.25, 0.3) is 0 Å². The molecule has 0 aromatic carbocycles. The second kappa shape index (κ2) is 7.07. The van der Waals surface area contributed by atoms with Crippen LogP contribution >= 0.6 is 0 Å². The van der Waals surface area contributed by atoms with E-state index in [1.54, 1.807) is 7.05 Å². The lowest BCUT2D eigenvalue weighted by atomic mass is 9.97. The third-order valence-corrected chi connectivity index (χ3v) is 3.68. The van der Waals surface area contributed by atoms with Crippen LogP contribution in [-0.2, 0) is 14.3 Å². The zero-order valence-corrected chi connectivity index (χ0v) is 12.0. The number of carbonyl (C=O) groups is 1. The van der Waals surface area contributed by atoms with Crippen molar-refractivity contribution in [3.63, 3.8) is 0 Å². The highest BCUT2D eigenvalue weighted by Crippen LogP contribution is 2.17. The fraction of sp³-hybridized carbons (Fsp3) is 0.923. The molecule has 0 saturated carbocycles. The number of esters is 1. The fourth-order valence-electron chi connectivity index (χ4n) is 2.45. The molecule has 0 amide bonds. The van der Waals surface area contributed by atoms with Crippen LogP contribution in [0.4, 0.5) is 0 Å². The maximum Gasteiger partial charge on any atom is 0.327 e. The summed E-state index contributed by atoms with van der Waals surface area (Å²) in [7, 11) is 5.27. The lowest BCUT2D eigenvalue weighted by molar-refractivity contribution is -0.148. The quantitative estimate of drug-likeness (QED) is 0.703. The van der Waals surface area contributed by atoms with Gasteiger partial charge in [-0.3, -0.25) is 4.79 Å². The van der Waals surface area contributed by atoms with Crippen molar-refractivity contribution in [2.45, 2.75) is 25.3 Å². The Morgan fingerprint density at radius 2 is 2.11 bits per heavy atom. The van der Waals surface area contributed by atoms with Crippen LogP contribution in [0.1, 0.15) is 19.8 Å². The largest absolute Gasteiger partial charge is 0.468 e. The van der Waals surface area contributed by atoms with Crippen LogP contribution in [0.3, 0.4) is 0 Å². The number of nitrogens with one attached hydrogen (secondary N) is 1. The van der Waals surface area contributed by atoms with Gasteiger partial charge in [0.2, 0.25) is 0 Å². The zero-order chi connectivity index (χ0) is 13.6. The van der Waals surface area contributed by atoms with Gasteiger partial charge in [-0.15, -0.1) is 0 Å². The Bertz CT molecular complexity index is 267. The van der Waals surface area contributed by atoms with Crippen molar-refractivity contribution >= 4 is 5.97 Å². The van der Waals surface area contributed by atoms with Crippen LogP contribution in [0.15, 0.2) is 0 Å². The fourth-order valence-corrected chi connectivity index (χ4v) is 2.45. The van der Waals surface area contributed by atoms with Crippen LogP contribution in [0, 0.1) is 5.92 Å². The average molecular weight is 258 g/mol. The number of likely N-dealkylation sites (N-methyl/N-ethyl adjacent to an activating group) is 2. The SMILES string of the molecule is CNC(C)(CN(C)CC1CCOCC1)C(=O)OC. The van der Waals surface area contributed by atoms with Crippen molar-refractivity contribution in [2.75, 3.05) is 47.5 Å². The predicted octanol–water partition coefficient (Wildman–Crippen LogP) is 0.496. The first-order chi connectivity index (χ1) is 8.51. The normalized spacial score (nSPS) is 20.7. The molecule has 1 unspecified atom stereocenters. The molecule has 0 aromatic rings. The molecular formula is C13H26N2O3. The molecule has 0 aromatic heterocycles. The van der Waals surface area contributed by atoms with Crippen molar-refractivity contribution in [2.24, 2.45) is 5.92 Å². The van der Waals surface area contributed by atoms with Gasteiger partial charge in [0.1, 0.15) is 5.54 Å². The van der Waals surface area contributed by atoms with E-state index in [9.17, 15) is 4.79 Å². The van der Waals surface area contributed by atoms with Gasteiger partial charge >= 0.3 is 5.97 Å². The van der Waals surface area contributed by atoms with Crippen molar-refractivity contribution in [3.8, 4) is 0 Å². The molecular weight excluding hydrogens is 232 g/mol. The predicted molar refractivity (Wildman–Crippen MR) is 70.5 cm³/mol. The number of ether oxygens (including phenoxy) is 2. The Labute approximate surface area is 110 Å². The molecule has 1 aliphatic heterocycles.